The average molecular weight is 466 g/mol. The summed E-state index contributed by atoms with van der Waals surface area (Å²) >= 11 is 0. The molecule has 1 heterocycles. The number of benzene rings is 3. The number of methoxy groups -OCH3 is 1. The van der Waals surface area contributed by atoms with Crippen molar-refractivity contribution in [3.63, 3.8) is 0 Å². The van der Waals surface area contributed by atoms with Gasteiger partial charge in [0.1, 0.15) is 6.61 Å². The molecular formula is C23H18N2O7S. The molecule has 9 nitrogen and oxygen atoms in total. The molecule has 0 bridgehead atoms. The number of sulfone groups is 1. The minimum absolute atomic E-state index is 0.0129. The topological polar surface area (TPSA) is 129 Å². The van der Waals surface area contributed by atoms with Gasteiger partial charge in [-0.2, -0.15) is 4.98 Å². The summed E-state index contributed by atoms with van der Waals surface area (Å²) in [4.78, 5) is 14.9. The molecule has 1 aromatic heterocycles. The second-order valence-electron chi connectivity index (χ2n) is 6.82. The Balaban J connectivity index is 1.86. The van der Waals surface area contributed by atoms with Gasteiger partial charge in [0.25, 0.3) is 0 Å². The Morgan fingerprint density at radius 2 is 1.67 bits per heavy atom. The van der Waals surface area contributed by atoms with Crippen molar-refractivity contribution in [1.82, 2.24) is 10.1 Å². The van der Waals surface area contributed by atoms with E-state index in [0.717, 1.165) is 5.56 Å². The summed E-state index contributed by atoms with van der Waals surface area (Å²) < 4.78 is 42.9. The molecule has 0 amide bonds. The lowest BCUT2D eigenvalue weighted by Crippen LogP contribution is -2.07. The van der Waals surface area contributed by atoms with Gasteiger partial charge in [-0.25, -0.2) is 13.2 Å². The second-order valence-corrected chi connectivity index (χ2v) is 8.74. The number of ether oxygens (including phenoxy) is 2. The molecule has 4 aromatic rings. The molecule has 1 N–H and O–H groups in total. The molecule has 0 aliphatic heterocycles. The number of hydrogen-bond acceptors (Lipinski definition) is 8. The smallest absolute Gasteiger partial charge is 0.394 e. The summed E-state index contributed by atoms with van der Waals surface area (Å²) in [5.74, 6) is -1.92. The van der Waals surface area contributed by atoms with Gasteiger partial charge in [-0.1, -0.05) is 53.7 Å². The molecule has 168 valence electrons. The third-order valence-corrected chi connectivity index (χ3v) is 6.51. The van der Waals surface area contributed by atoms with Crippen LogP contribution < -0.4 is 9.47 Å². The molecule has 0 saturated carbocycles. The van der Waals surface area contributed by atoms with Crippen molar-refractivity contribution in [1.29, 1.82) is 0 Å². The van der Waals surface area contributed by atoms with Crippen molar-refractivity contribution in [3.8, 4) is 22.9 Å². The Morgan fingerprint density at radius 1 is 1.00 bits per heavy atom. The molecule has 4 rings (SSSR count). The first-order valence-electron chi connectivity index (χ1n) is 9.66. The molecule has 3 aromatic carbocycles. The van der Waals surface area contributed by atoms with Gasteiger partial charge >= 0.3 is 11.9 Å². The average Bonchev–Trinajstić information content (AvgIpc) is 3.34. The van der Waals surface area contributed by atoms with E-state index < -0.39 is 21.7 Å². The standard InChI is InChI=1S/C23H18N2O7S/c1-30-18-13-20(33(28,29)16-10-6-3-7-11-16)17(21-24-22(23(26)27)32-25-21)12-19(18)31-14-15-8-4-2-5-9-15/h2-13H,14H2,1H3,(H,26,27). The molecule has 33 heavy (non-hydrogen) atoms. The van der Waals surface area contributed by atoms with Crippen molar-refractivity contribution in [2.75, 3.05) is 7.11 Å². The predicted molar refractivity (Wildman–Crippen MR) is 116 cm³/mol. The summed E-state index contributed by atoms with van der Waals surface area (Å²) in [6, 6.07) is 19.8. The fraction of sp³-hybridized carbons (Fsp3) is 0.0870. The van der Waals surface area contributed by atoms with E-state index in [-0.39, 0.29) is 39.3 Å². The molecule has 0 atom stereocenters. The third kappa shape index (κ3) is 4.55. The maximum atomic E-state index is 13.4. The van der Waals surface area contributed by atoms with Crippen LogP contribution in [0.5, 0.6) is 11.5 Å². The zero-order valence-corrected chi connectivity index (χ0v) is 18.2. The lowest BCUT2D eigenvalue weighted by molar-refractivity contribution is 0.0643. The molecule has 0 unspecified atom stereocenters. The fourth-order valence-electron chi connectivity index (χ4n) is 3.09. The number of aromatic nitrogens is 2. The highest BCUT2D eigenvalue weighted by Crippen LogP contribution is 2.39. The molecule has 0 saturated heterocycles. The first kappa shape index (κ1) is 22.0. The van der Waals surface area contributed by atoms with Gasteiger partial charge in [0.05, 0.1) is 16.9 Å². The number of rotatable bonds is 8. The number of hydrogen-bond donors (Lipinski definition) is 1. The van der Waals surface area contributed by atoms with Crippen LogP contribution in [0.1, 0.15) is 16.2 Å². The van der Waals surface area contributed by atoms with Gasteiger partial charge < -0.3 is 19.1 Å². The van der Waals surface area contributed by atoms with Crippen molar-refractivity contribution >= 4 is 15.8 Å². The van der Waals surface area contributed by atoms with Gasteiger partial charge in [-0.3, -0.25) is 0 Å². The van der Waals surface area contributed by atoms with E-state index in [1.165, 1.54) is 31.4 Å². The largest absolute Gasteiger partial charge is 0.493 e. The Labute approximate surface area is 189 Å². The maximum absolute atomic E-state index is 13.4. The van der Waals surface area contributed by atoms with Crippen LogP contribution in [0, 0.1) is 0 Å². The second kappa shape index (κ2) is 9.13. The van der Waals surface area contributed by atoms with Crippen LogP contribution in [-0.4, -0.2) is 36.7 Å². The Morgan fingerprint density at radius 3 is 2.27 bits per heavy atom. The summed E-state index contributed by atoms with van der Waals surface area (Å²) in [6.07, 6.45) is 0. The van der Waals surface area contributed by atoms with Crippen LogP contribution in [0.3, 0.4) is 0 Å². The predicted octanol–water partition coefficient (Wildman–Crippen LogP) is 3.86. The van der Waals surface area contributed by atoms with E-state index in [9.17, 15) is 13.2 Å². The minimum atomic E-state index is -4.05. The van der Waals surface area contributed by atoms with Crippen molar-refractivity contribution in [3.05, 3.63) is 84.3 Å². The number of aromatic carboxylic acids is 1. The zero-order valence-electron chi connectivity index (χ0n) is 17.3. The third-order valence-electron chi connectivity index (χ3n) is 4.70. The van der Waals surface area contributed by atoms with E-state index in [1.54, 1.807) is 18.2 Å². The summed E-state index contributed by atoms with van der Waals surface area (Å²) in [6.45, 7) is 0.189. The van der Waals surface area contributed by atoms with Gasteiger partial charge in [0, 0.05) is 11.6 Å². The molecule has 0 radical (unpaired) electrons. The number of carboxylic acids is 1. The molecule has 0 aliphatic rings. The summed E-state index contributed by atoms with van der Waals surface area (Å²) in [5, 5.41) is 12.8. The first-order valence-corrected chi connectivity index (χ1v) is 11.1. The van der Waals surface area contributed by atoms with Gasteiger partial charge in [0.15, 0.2) is 11.5 Å². The monoisotopic (exact) mass is 466 g/mol. The Hall–Kier alpha value is -4.18. The van der Waals surface area contributed by atoms with E-state index >= 15 is 0 Å². The molecule has 0 fully saturated rings. The number of nitrogens with zero attached hydrogens (tertiary/aromatic N) is 2. The van der Waals surface area contributed by atoms with Crippen LogP contribution in [0.15, 0.2) is 87.1 Å². The van der Waals surface area contributed by atoms with Crippen LogP contribution in [-0.2, 0) is 16.4 Å². The van der Waals surface area contributed by atoms with Gasteiger partial charge in [0.2, 0.25) is 15.7 Å². The van der Waals surface area contributed by atoms with Crippen molar-refractivity contribution in [2.45, 2.75) is 16.4 Å². The lowest BCUT2D eigenvalue weighted by Gasteiger charge is -2.15. The van der Waals surface area contributed by atoms with Crippen LogP contribution in [0.4, 0.5) is 0 Å². The van der Waals surface area contributed by atoms with Gasteiger partial charge in [-0.05, 0) is 23.8 Å². The highest BCUT2D eigenvalue weighted by atomic mass is 32.2. The SMILES string of the molecule is COc1cc(S(=O)(=O)c2ccccc2)c(-c2noc(C(=O)O)n2)cc1OCc1ccccc1. The first-order chi connectivity index (χ1) is 15.9. The van der Waals surface area contributed by atoms with Crippen molar-refractivity contribution < 1.29 is 32.3 Å². The highest BCUT2D eigenvalue weighted by Gasteiger charge is 2.28. The van der Waals surface area contributed by atoms with E-state index in [0.29, 0.717) is 0 Å². The van der Waals surface area contributed by atoms with Crippen LogP contribution in [0.25, 0.3) is 11.4 Å². The van der Waals surface area contributed by atoms with Gasteiger partial charge in [-0.15, -0.1) is 0 Å². The maximum Gasteiger partial charge on any atom is 0.394 e. The quantitative estimate of drug-likeness (QED) is 0.411. The lowest BCUT2D eigenvalue weighted by atomic mass is 10.2. The Kier molecular flexibility index (Phi) is 6.09. The Bertz CT molecular complexity index is 1390. The van der Waals surface area contributed by atoms with Crippen LogP contribution >= 0.6 is 0 Å². The molecule has 0 aliphatic carbocycles. The highest BCUT2D eigenvalue weighted by molar-refractivity contribution is 7.91. The molecular weight excluding hydrogens is 448 g/mol. The zero-order chi connectivity index (χ0) is 23.4. The molecule has 10 heteroatoms. The van der Waals surface area contributed by atoms with Crippen molar-refractivity contribution in [2.24, 2.45) is 0 Å². The van der Waals surface area contributed by atoms with E-state index in [4.69, 9.17) is 19.1 Å². The van der Waals surface area contributed by atoms with E-state index in [2.05, 4.69) is 10.1 Å². The minimum Gasteiger partial charge on any atom is -0.493 e. The van der Waals surface area contributed by atoms with E-state index in [1.807, 2.05) is 30.3 Å². The normalized spacial score (nSPS) is 11.2. The molecule has 0 spiro atoms. The summed E-state index contributed by atoms with van der Waals surface area (Å²) in [5.41, 5.74) is 0.897. The summed E-state index contributed by atoms with van der Waals surface area (Å²) in [7, 11) is -2.66. The number of carbonyl (C=O) groups is 1. The fourth-order valence-corrected chi connectivity index (χ4v) is 4.56. The number of carboxylic acid groups (broad SMARTS) is 1. The van der Waals surface area contributed by atoms with Crippen LogP contribution in [0.2, 0.25) is 0 Å².